The third kappa shape index (κ3) is 5.47. The van der Waals surface area contributed by atoms with Gasteiger partial charge in [0.25, 0.3) is 0 Å². The van der Waals surface area contributed by atoms with E-state index in [2.05, 4.69) is 10.1 Å². The molecule has 1 aromatic carbocycles. The molecule has 118 valence electrons. The van der Waals surface area contributed by atoms with Crippen LogP contribution in [0.1, 0.15) is 25.7 Å². The fourth-order valence-corrected chi connectivity index (χ4v) is 2.43. The summed E-state index contributed by atoms with van der Waals surface area (Å²) in [4.78, 5) is 12.1. The van der Waals surface area contributed by atoms with Crippen LogP contribution in [-0.2, 0) is 4.79 Å². The van der Waals surface area contributed by atoms with Crippen LogP contribution in [0.2, 0.25) is 0 Å². The SMILES string of the molecule is Cl.NC1CCCC(C(=O)Nc2ccc(OC(F)F)cc2)C1. The van der Waals surface area contributed by atoms with E-state index in [1.54, 1.807) is 12.1 Å². The quantitative estimate of drug-likeness (QED) is 0.895. The van der Waals surface area contributed by atoms with Crippen molar-refractivity contribution in [1.82, 2.24) is 0 Å². The molecule has 1 amide bonds. The van der Waals surface area contributed by atoms with Crippen LogP contribution in [0.5, 0.6) is 5.75 Å². The fourth-order valence-electron chi connectivity index (χ4n) is 2.43. The molecule has 21 heavy (non-hydrogen) atoms. The van der Waals surface area contributed by atoms with E-state index < -0.39 is 6.61 Å². The number of halogens is 3. The molecule has 0 bridgehead atoms. The van der Waals surface area contributed by atoms with Crippen molar-refractivity contribution in [3.8, 4) is 5.75 Å². The van der Waals surface area contributed by atoms with Gasteiger partial charge in [-0.3, -0.25) is 4.79 Å². The zero-order valence-corrected chi connectivity index (χ0v) is 12.2. The molecule has 0 aromatic heterocycles. The molecule has 2 rings (SSSR count). The van der Waals surface area contributed by atoms with E-state index in [1.165, 1.54) is 12.1 Å². The van der Waals surface area contributed by atoms with Crippen molar-refractivity contribution in [2.75, 3.05) is 5.32 Å². The summed E-state index contributed by atoms with van der Waals surface area (Å²) >= 11 is 0. The standard InChI is InChI=1S/C14H18F2N2O2.ClH/c15-14(16)20-12-6-4-11(5-7-12)18-13(19)9-2-1-3-10(17)8-9;/h4-7,9-10,14H,1-3,8,17H2,(H,18,19);1H. The van der Waals surface area contributed by atoms with Gasteiger partial charge in [-0.1, -0.05) is 6.42 Å². The van der Waals surface area contributed by atoms with Crippen molar-refractivity contribution in [2.24, 2.45) is 11.7 Å². The fraction of sp³-hybridized carbons (Fsp3) is 0.500. The number of carbonyl (C=O) groups is 1. The van der Waals surface area contributed by atoms with Crippen LogP contribution < -0.4 is 15.8 Å². The van der Waals surface area contributed by atoms with Gasteiger partial charge in [0.2, 0.25) is 5.91 Å². The molecule has 2 atom stereocenters. The van der Waals surface area contributed by atoms with Crippen LogP contribution in [0.4, 0.5) is 14.5 Å². The number of anilines is 1. The van der Waals surface area contributed by atoms with Crippen LogP contribution in [0.25, 0.3) is 0 Å². The van der Waals surface area contributed by atoms with Crippen LogP contribution >= 0.6 is 12.4 Å². The van der Waals surface area contributed by atoms with Crippen LogP contribution in [0, 0.1) is 5.92 Å². The van der Waals surface area contributed by atoms with Crippen LogP contribution in [0.3, 0.4) is 0 Å². The molecular weight excluding hydrogens is 302 g/mol. The van der Waals surface area contributed by atoms with Crippen molar-refractivity contribution in [2.45, 2.75) is 38.3 Å². The number of alkyl halides is 2. The monoisotopic (exact) mass is 320 g/mol. The maximum absolute atomic E-state index is 12.1. The summed E-state index contributed by atoms with van der Waals surface area (Å²) in [5, 5.41) is 2.78. The van der Waals surface area contributed by atoms with E-state index in [0.717, 1.165) is 19.3 Å². The number of carbonyl (C=O) groups excluding carboxylic acids is 1. The van der Waals surface area contributed by atoms with Crippen molar-refractivity contribution in [3.05, 3.63) is 24.3 Å². The van der Waals surface area contributed by atoms with Crippen molar-refractivity contribution < 1.29 is 18.3 Å². The molecule has 0 saturated heterocycles. The average Bonchev–Trinajstić information content (AvgIpc) is 2.40. The molecule has 3 N–H and O–H groups in total. The molecule has 1 aliphatic rings. The Morgan fingerprint density at radius 2 is 1.95 bits per heavy atom. The highest BCUT2D eigenvalue weighted by Gasteiger charge is 2.25. The predicted molar refractivity (Wildman–Crippen MR) is 78.9 cm³/mol. The van der Waals surface area contributed by atoms with E-state index >= 15 is 0 Å². The molecule has 1 fully saturated rings. The summed E-state index contributed by atoms with van der Waals surface area (Å²) in [6, 6.07) is 5.96. The Balaban J connectivity index is 0.00000220. The first-order valence-electron chi connectivity index (χ1n) is 6.66. The lowest BCUT2D eigenvalue weighted by Gasteiger charge is -2.25. The summed E-state index contributed by atoms with van der Waals surface area (Å²) in [6.45, 7) is -2.85. The van der Waals surface area contributed by atoms with Gasteiger partial charge in [-0.25, -0.2) is 0 Å². The van der Waals surface area contributed by atoms with E-state index in [1.807, 2.05) is 0 Å². The first-order chi connectivity index (χ1) is 9.54. The molecule has 7 heteroatoms. The molecule has 1 saturated carbocycles. The number of rotatable bonds is 4. The van der Waals surface area contributed by atoms with Gasteiger partial charge in [0.15, 0.2) is 0 Å². The van der Waals surface area contributed by atoms with Gasteiger partial charge in [0, 0.05) is 17.6 Å². The van der Waals surface area contributed by atoms with E-state index in [9.17, 15) is 13.6 Å². The Hall–Kier alpha value is -1.40. The van der Waals surface area contributed by atoms with Gasteiger partial charge in [-0.2, -0.15) is 8.78 Å². The van der Waals surface area contributed by atoms with Crippen molar-refractivity contribution in [3.63, 3.8) is 0 Å². The number of hydrogen-bond acceptors (Lipinski definition) is 3. The Kier molecular flexibility index (Phi) is 6.84. The van der Waals surface area contributed by atoms with E-state index in [-0.39, 0.29) is 36.0 Å². The molecule has 4 nitrogen and oxygen atoms in total. The topological polar surface area (TPSA) is 64.4 Å². The molecule has 0 spiro atoms. The molecule has 0 aliphatic heterocycles. The minimum Gasteiger partial charge on any atom is -0.435 e. The zero-order chi connectivity index (χ0) is 14.5. The maximum Gasteiger partial charge on any atom is 0.387 e. The van der Waals surface area contributed by atoms with Gasteiger partial charge in [0.1, 0.15) is 5.75 Å². The Morgan fingerprint density at radius 3 is 2.52 bits per heavy atom. The third-order valence-electron chi connectivity index (χ3n) is 3.43. The summed E-state index contributed by atoms with van der Waals surface area (Å²) in [7, 11) is 0. The van der Waals surface area contributed by atoms with Crippen LogP contribution in [0.15, 0.2) is 24.3 Å². The van der Waals surface area contributed by atoms with Gasteiger partial charge in [-0.15, -0.1) is 12.4 Å². The molecule has 1 aliphatic carbocycles. The number of nitrogens with one attached hydrogen (secondary N) is 1. The lowest BCUT2D eigenvalue weighted by atomic mass is 9.85. The first kappa shape index (κ1) is 17.7. The summed E-state index contributed by atoms with van der Waals surface area (Å²) in [5.41, 5.74) is 6.42. The molecule has 1 aromatic rings. The summed E-state index contributed by atoms with van der Waals surface area (Å²) in [5.74, 6) is -0.0730. The third-order valence-corrected chi connectivity index (χ3v) is 3.43. The molecule has 0 heterocycles. The maximum atomic E-state index is 12.1. The lowest BCUT2D eigenvalue weighted by Crippen LogP contribution is -2.34. The predicted octanol–water partition coefficient (Wildman–Crippen LogP) is 3.17. The van der Waals surface area contributed by atoms with Gasteiger partial charge in [-0.05, 0) is 43.5 Å². The average molecular weight is 321 g/mol. The summed E-state index contributed by atoms with van der Waals surface area (Å²) < 4.78 is 28.3. The van der Waals surface area contributed by atoms with Crippen molar-refractivity contribution in [1.29, 1.82) is 0 Å². The second kappa shape index (κ2) is 8.14. The largest absolute Gasteiger partial charge is 0.435 e. The highest BCUT2D eigenvalue weighted by Crippen LogP contribution is 2.25. The van der Waals surface area contributed by atoms with Gasteiger partial charge < -0.3 is 15.8 Å². The molecule has 0 radical (unpaired) electrons. The number of amides is 1. The minimum atomic E-state index is -2.85. The minimum absolute atomic E-state index is 0. The number of ether oxygens (including phenoxy) is 1. The first-order valence-corrected chi connectivity index (χ1v) is 6.66. The zero-order valence-electron chi connectivity index (χ0n) is 11.4. The Labute approximate surface area is 128 Å². The number of hydrogen-bond donors (Lipinski definition) is 2. The summed E-state index contributed by atoms with van der Waals surface area (Å²) in [6.07, 6.45) is 3.45. The van der Waals surface area contributed by atoms with Gasteiger partial charge in [0.05, 0.1) is 0 Å². The molecular formula is C14H19ClF2N2O2. The second-order valence-electron chi connectivity index (χ2n) is 5.02. The van der Waals surface area contributed by atoms with Crippen LogP contribution in [-0.4, -0.2) is 18.6 Å². The number of benzene rings is 1. The Bertz CT molecular complexity index is 457. The second-order valence-corrected chi connectivity index (χ2v) is 5.02. The highest BCUT2D eigenvalue weighted by molar-refractivity contribution is 5.92. The highest BCUT2D eigenvalue weighted by atomic mass is 35.5. The van der Waals surface area contributed by atoms with E-state index in [0.29, 0.717) is 12.1 Å². The normalized spacial score (nSPS) is 21.5. The van der Waals surface area contributed by atoms with E-state index in [4.69, 9.17) is 5.73 Å². The number of nitrogens with two attached hydrogens (primary N) is 1. The van der Waals surface area contributed by atoms with Gasteiger partial charge >= 0.3 is 6.61 Å². The Morgan fingerprint density at radius 1 is 1.29 bits per heavy atom. The lowest BCUT2D eigenvalue weighted by molar-refractivity contribution is -0.120. The van der Waals surface area contributed by atoms with Crippen molar-refractivity contribution >= 4 is 24.0 Å². The molecule has 2 unspecified atom stereocenters. The smallest absolute Gasteiger partial charge is 0.387 e.